The van der Waals surface area contributed by atoms with Gasteiger partial charge in [-0.25, -0.2) is 54.4 Å². The fourth-order valence-electron chi connectivity index (χ4n) is 11.8. The van der Waals surface area contributed by atoms with Crippen LogP contribution in [0.2, 0.25) is 0 Å². The highest BCUT2D eigenvalue weighted by Gasteiger charge is 2.57. The smallest absolute Gasteiger partial charge is 0.314 e. The minimum atomic E-state index is -1.21. The molecule has 34 nitrogen and oxygen atoms in total. The first-order chi connectivity index (χ1) is 41.6. The van der Waals surface area contributed by atoms with Crippen molar-refractivity contribution >= 4 is 63.0 Å². The maximum absolute atomic E-state index is 11.7. The molecule has 14 heterocycles. The molecule has 15 unspecified atom stereocenters. The molecule has 11 N–H and O–H groups in total. The molecule has 0 spiro atoms. The third-order valence-electron chi connectivity index (χ3n) is 15.9. The number of rotatable bonds is 14. The molecule has 87 heavy (non-hydrogen) atoms. The van der Waals surface area contributed by atoms with Gasteiger partial charge in [0.05, 0.1) is 56.9 Å². The summed E-state index contributed by atoms with van der Waals surface area (Å²) in [7, 11) is 3.05. The predicted molar refractivity (Wildman–Crippen MR) is 307 cm³/mol. The Bertz CT molecular complexity index is 3320. The monoisotopic (exact) mass is 1220 g/mol. The number of carbonyl (C=O) groups excluding carboxylic acids is 2. The number of fused-ring (bicyclic) bond motifs is 5. The summed E-state index contributed by atoms with van der Waals surface area (Å²) >= 11 is 0. The second-order valence-corrected chi connectivity index (χ2v) is 22.7. The third kappa shape index (κ3) is 12.9. The number of urea groups is 2. The first-order valence-corrected chi connectivity index (χ1v) is 28.8. The number of hydrogen-bond acceptors (Lipinski definition) is 27. The molecule has 4 amide bonds. The number of aromatic nitrogens is 12. The van der Waals surface area contributed by atoms with Crippen molar-refractivity contribution < 1.29 is 67.2 Å². The number of amides is 4. The number of aliphatic hydroxyl groups is 2. The van der Waals surface area contributed by atoms with Crippen LogP contribution in [0, 0.1) is 0 Å². The number of ether oxygens (including phenoxy) is 10. The molecule has 0 saturated carbocycles. The van der Waals surface area contributed by atoms with Crippen LogP contribution in [-0.4, -0.2) is 239 Å². The third-order valence-corrected chi connectivity index (χ3v) is 15.9. The van der Waals surface area contributed by atoms with Crippen LogP contribution in [0.15, 0.2) is 38.0 Å². The van der Waals surface area contributed by atoms with Crippen LogP contribution < -0.4 is 43.0 Å². The molecule has 8 aliphatic heterocycles. The zero-order valence-electron chi connectivity index (χ0n) is 48.3. The van der Waals surface area contributed by atoms with Crippen LogP contribution in [0.3, 0.4) is 0 Å². The van der Waals surface area contributed by atoms with Gasteiger partial charge in [-0.05, 0) is 47.0 Å². The standard InChI is InChI=1S/C19H27N7O5.C17H24N6O4.C16H23N7O5.CH4/c1-19(2)30-13-11(6-21-18(27)20-3)29-17(14(13)31-19)26-9-24-12-15(22-8-23-16(12)26)25-10-4-5-28-7-10;1-17(2)26-12-10(5-18)25-16(13(12)27-17)23-8-21-11-14(19-7-20-15(11)23)22-9-3-4-24-6-9;1-17-16(26)18-4-9-11(24)12(25)15(28-9)23-7-21-10-13(19-6-20-14(10)23)22-8-2-3-27-5-8;/h8-11,13-14,17H,4-7H2,1-3H3,(H2,20,21,27)(H,22,23,25);7-10,12-13,16H,3-6,18H2,1-2H3,(H,19,20,22);6-9,11-12,15,24-25H,2-5H2,1H3,(H2,17,18,26)(H,19,20,22);1H4. The lowest BCUT2D eigenvalue weighted by molar-refractivity contribution is -0.195. The Balaban J connectivity index is 0.000000135. The van der Waals surface area contributed by atoms with Gasteiger partial charge in [0.1, 0.15) is 73.9 Å². The van der Waals surface area contributed by atoms with E-state index in [1.54, 1.807) is 24.3 Å². The molecule has 8 saturated heterocycles. The first kappa shape index (κ1) is 61.7. The van der Waals surface area contributed by atoms with Gasteiger partial charge in [0, 0.05) is 53.6 Å². The highest BCUT2D eigenvalue weighted by molar-refractivity contribution is 5.84. The molecule has 6 aromatic heterocycles. The Kier molecular flexibility index (Phi) is 18.5. The van der Waals surface area contributed by atoms with Crippen molar-refractivity contribution in [1.82, 2.24) is 79.8 Å². The average Bonchev–Trinajstić information content (AvgIpc) is 1.85. The Morgan fingerprint density at radius 3 is 1.29 bits per heavy atom. The zero-order valence-corrected chi connectivity index (χ0v) is 48.3. The van der Waals surface area contributed by atoms with E-state index in [-0.39, 0.29) is 81.3 Å². The second-order valence-electron chi connectivity index (χ2n) is 22.7. The summed E-state index contributed by atoms with van der Waals surface area (Å²) in [6, 6.07) is -0.105. The summed E-state index contributed by atoms with van der Waals surface area (Å²) in [6.07, 6.45) is 5.26. The number of nitrogens with two attached hydrogens (primary N) is 1. The van der Waals surface area contributed by atoms with Crippen molar-refractivity contribution in [3.8, 4) is 0 Å². The van der Waals surface area contributed by atoms with Crippen molar-refractivity contribution in [2.24, 2.45) is 5.73 Å². The average molecular weight is 1220 g/mol. The second kappa shape index (κ2) is 26.0. The molecular weight excluding hydrogens is 1140 g/mol. The SMILES string of the molecule is C.CC1(C)OC2C(CN)OC(n3cnc4c(NC5CCOC5)ncnc43)C2O1.CNC(=O)NCC1OC(n2cnc3c(NC4CCOC4)ncnc32)C(O)C1O.CNC(=O)NCC1OC(n2cnc3c(NC4CCOC4)ncnc32)C2OC(C)(C)OC12. The van der Waals surface area contributed by atoms with Crippen molar-refractivity contribution in [3.63, 3.8) is 0 Å². The van der Waals surface area contributed by atoms with Crippen molar-refractivity contribution in [2.75, 3.05) is 89.3 Å². The van der Waals surface area contributed by atoms with Gasteiger partial charge in [-0.2, -0.15) is 0 Å². The Labute approximate surface area is 499 Å². The molecular formula is C53H78N20O14. The highest BCUT2D eigenvalue weighted by atomic mass is 16.8. The number of nitrogens with one attached hydrogen (secondary N) is 7. The van der Waals surface area contributed by atoms with E-state index in [0.717, 1.165) is 32.5 Å². The van der Waals surface area contributed by atoms with E-state index in [1.165, 1.54) is 32.4 Å². The van der Waals surface area contributed by atoms with Gasteiger partial charge < -0.3 is 101 Å². The van der Waals surface area contributed by atoms with Gasteiger partial charge >= 0.3 is 12.1 Å². The lowest BCUT2D eigenvalue weighted by Gasteiger charge is -2.24. The fraction of sp³-hybridized carbons (Fsp3) is 0.679. The lowest BCUT2D eigenvalue weighted by Crippen LogP contribution is -2.42. The molecule has 14 rings (SSSR count). The number of anilines is 3. The highest BCUT2D eigenvalue weighted by Crippen LogP contribution is 2.45. The van der Waals surface area contributed by atoms with Crippen molar-refractivity contribution in [3.05, 3.63) is 38.0 Å². The molecule has 0 aromatic carbocycles. The van der Waals surface area contributed by atoms with E-state index in [9.17, 15) is 19.8 Å². The minimum Gasteiger partial charge on any atom is -0.387 e. The maximum atomic E-state index is 11.7. The van der Waals surface area contributed by atoms with Crippen molar-refractivity contribution in [2.45, 2.75) is 158 Å². The van der Waals surface area contributed by atoms with Crippen LogP contribution in [0.5, 0.6) is 0 Å². The molecule has 8 aliphatic rings. The molecule has 0 aliphatic carbocycles. The molecule has 0 radical (unpaired) electrons. The van der Waals surface area contributed by atoms with E-state index >= 15 is 0 Å². The molecule has 0 bridgehead atoms. The van der Waals surface area contributed by atoms with E-state index in [2.05, 4.69) is 82.1 Å². The number of aliphatic hydroxyl groups excluding tert-OH is 2. The quantitative estimate of drug-likeness (QED) is 0.0685. The van der Waals surface area contributed by atoms with Gasteiger partial charge in [-0.15, -0.1) is 0 Å². The molecule has 8 fully saturated rings. The summed E-state index contributed by atoms with van der Waals surface area (Å²) in [5, 5.41) is 41.1. The number of imidazole rings is 3. The van der Waals surface area contributed by atoms with Gasteiger partial charge in [-0.1, -0.05) is 7.43 Å². The topological polar surface area (TPSA) is 408 Å². The van der Waals surface area contributed by atoms with Gasteiger partial charge in [0.15, 0.2) is 81.2 Å². The normalized spacial score (nSPS) is 31.8. The van der Waals surface area contributed by atoms with Crippen LogP contribution in [0.1, 0.15) is 73.1 Å². The number of nitrogens with zero attached hydrogens (tertiary/aromatic N) is 12. The van der Waals surface area contributed by atoms with Crippen LogP contribution in [-0.2, 0) is 47.4 Å². The Morgan fingerprint density at radius 2 is 0.897 bits per heavy atom. The predicted octanol–water partition coefficient (Wildman–Crippen LogP) is -0.0117. The molecule has 474 valence electrons. The summed E-state index contributed by atoms with van der Waals surface area (Å²) in [5.74, 6) is 0.498. The molecule has 34 heteroatoms. The minimum absolute atomic E-state index is 0. The molecule has 15 atom stereocenters. The summed E-state index contributed by atoms with van der Waals surface area (Å²) in [4.78, 5) is 62.6. The van der Waals surface area contributed by atoms with Gasteiger partial charge in [0.2, 0.25) is 0 Å². The fourth-order valence-corrected chi connectivity index (χ4v) is 11.8. The Hall–Kier alpha value is -6.93. The molecule has 6 aromatic rings. The van der Waals surface area contributed by atoms with Gasteiger partial charge in [-0.3, -0.25) is 13.7 Å². The van der Waals surface area contributed by atoms with Crippen LogP contribution in [0.25, 0.3) is 33.5 Å². The number of hydrogen-bond donors (Lipinski definition) is 10. The zero-order chi connectivity index (χ0) is 59.9. The van der Waals surface area contributed by atoms with E-state index in [1.807, 2.05) is 36.8 Å². The van der Waals surface area contributed by atoms with E-state index < -0.39 is 54.6 Å². The summed E-state index contributed by atoms with van der Waals surface area (Å²) in [5.41, 5.74) is 9.55. The lowest BCUT2D eigenvalue weighted by atomic mass is 10.1. The largest absolute Gasteiger partial charge is 0.387 e. The van der Waals surface area contributed by atoms with E-state index in [4.69, 9.17) is 53.1 Å². The summed E-state index contributed by atoms with van der Waals surface area (Å²) < 4.78 is 64.1. The summed E-state index contributed by atoms with van der Waals surface area (Å²) in [6.45, 7) is 12.3. The van der Waals surface area contributed by atoms with Crippen LogP contribution >= 0.6 is 0 Å². The van der Waals surface area contributed by atoms with Crippen molar-refractivity contribution in [1.29, 1.82) is 0 Å². The first-order valence-electron chi connectivity index (χ1n) is 28.8. The van der Waals surface area contributed by atoms with Crippen LogP contribution in [0.4, 0.5) is 27.0 Å². The van der Waals surface area contributed by atoms with E-state index in [0.29, 0.717) is 83.9 Å². The van der Waals surface area contributed by atoms with Gasteiger partial charge in [0.25, 0.3) is 0 Å². The maximum Gasteiger partial charge on any atom is 0.314 e. The number of carbonyl (C=O) groups is 2. The Morgan fingerprint density at radius 1 is 0.529 bits per heavy atom.